The number of guanidine groups is 1. The zero-order valence-corrected chi connectivity index (χ0v) is 43.3. The summed E-state index contributed by atoms with van der Waals surface area (Å²) in [6.07, 6.45) is 9.41. The maximum absolute atomic E-state index is 14.7. The normalized spacial score (nSPS) is 13.7. The van der Waals surface area contributed by atoms with Gasteiger partial charge >= 0.3 is 0 Å². The number of fused-ring (bicyclic) bond motifs is 1. The molecule has 0 unspecified atom stereocenters. The lowest BCUT2D eigenvalue weighted by Crippen LogP contribution is -2.61. The number of nitrogens with zero attached hydrogens (tertiary/aromatic N) is 5. The van der Waals surface area contributed by atoms with Gasteiger partial charge in [-0.3, -0.25) is 43.3 Å². The van der Waals surface area contributed by atoms with Gasteiger partial charge in [-0.15, -0.1) is 0 Å². The number of amides is 8. The number of para-hydroxylation sites is 1. The molecule has 25 nitrogen and oxygen atoms in total. The second-order valence-corrected chi connectivity index (χ2v) is 18.4. The minimum Gasteiger partial charge on any atom is -0.370 e. The first kappa shape index (κ1) is 60.1. The first-order chi connectivity index (χ1) is 36.5. The Bertz CT molecular complexity index is 2610. The molecule has 0 fully saturated rings. The van der Waals surface area contributed by atoms with E-state index < -0.39 is 96.1 Å². The number of H-pyrrole nitrogens is 2. The number of hydrogen-bond acceptors (Lipinski definition) is 11. The molecular formula is C51H73N17O8. The number of nitrogens with one attached hydrogen (secondary N) is 9. The third-order valence-electron chi connectivity index (χ3n) is 12.3. The van der Waals surface area contributed by atoms with Gasteiger partial charge in [0.2, 0.25) is 47.3 Å². The highest BCUT2D eigenvalue weighted by Gasteiger charge is 2.35. The molecular weight excluding hydrogens is 979 g/mol. The topological polar surface area (TPSA) is 404 Å². The maximum Gasteiger partial charge on any atom is 0.243 e. The van der Waals surface area contributed by atoms with E-state index >= 15 is 0 Å². The molecule has 0 saturated carbocycles. The van der Waals surface area contributed by atoms with E-state index in [1.54, 1.807) is 36.5 Å². The van der Waals surface area contributed by atoms with Crippen LogP contribution in [0.1, 0.15) is 102 Å². The molecule has 0 radical (unpaired) electrons. The highest BCUT2D eigenvalue weighted by atomic mass is 16.2. The molecule has 0 spiro atoms. The molecule has 410 valence electrons. The second kappa shape index (κ2) is 32.0. The quantitative estimate of drug-likeness (QED) is 0.00791. The molecule has 0 bridgehead atoms. The average Bonchev–Trinajstić information content (AvgIpc) is 4.07. The number of nitrogens with two attached hydrogens (primary N) is 3. The van der Waals surface area contributed by atoms with Crippen molar-refractivity contribution in [3.8, 4) is 0 Å². The van der Waals surface area contributed by atoms with Gasteiger partial charge in [0, 0.05) is 66.6 Å². The van der Waals surface area contributed by atoms with Gasteiger partial charge in [-0.2, -0.15) is 0 Å². The van der Waals surface area contributed by atoms with E-state index in [0.717, 1.165) is 30.2 Å². The number of hydrogen-bond donors (Lipinski definition) is 12. The van der Waals surface area contributed by atoms with Crippen LogP contribution in [0.4, 0.5) is 0 Å². The summed E-state index contributed by atoms with van der Waals surface area (Å²) in [5.41, 5.74) is 28.6. The molecule has 4 aromatic rings. The molecule has 76 heavy (non-hydrogen) atoms. The minimum atomic E-state index is -1.51. The number of rotatable bonds is 34. The Balaban J connectivity index is 1.68. The molecule has 2 aromatic heterocycles. The van der Waals surface area contributed by atoms with Crippen LogP contribution in [0.5, 0.6) is 0 Å². The standard InChI is InChI=1S/C51H73N17O8/c1-4-6-8-12-21-37(44(52)70)62-48(74)41(25-33-27-58-36-20-14-13-18-35(33)36)65-46(72)39(22-15-23-57-51(53)54)63-47(73)40(24-32-16-10-9-11-17-32)64-49(75)42(26-34-28-56-30-59-34)66-50(76)43(29-60-68-55)67-45(71)38(19-7-5-2)61-31(3)69/h9-11,13-14,16-18,20,27-28,30,37-43,58H,4-8,12,15,19,21-26,29H2,1-3H3,(H2,52,70)(H,56,59)(H,61,69)(H,62,74)(H,63,73)(H,64,75)(H,65,72)(H,66,76)(H,67,71)(H4,53,54,57)/t37-,38-,39-,40+,41-,42-,43-/m0/s1. The molecule has 4 rings (SSSR count). The van der Waals surface area contributed by atoms with E-state index in [0.29, 0.717) is 36.1 Å². The fourth-order valence-electron chi connectivity index (χ4n) is 8.32. The first-order valence-corrected chi connectivity index (χ1v) is 25.5. The van der Waals surface area contributed by atoms with Crippen LogP contribution in [0.25, 0.3) is 21.3 Å². The van der Waals surface area contributed by atoms with Crippen molar-refractivity contribution in [3.63, 3.8) is 0 Å². The van der Waals surface area contributed by atoms with Gasteiger partial charge in [-0.25, -0.2) is 4.98 Å². The predicted octanol–water partition coefficient (Wildman–Crippen LogP) is 1.34. The van der Waals surface area contributed by atoms with E-state index in [9.17, 15) is 43.9 Å². The van der Waals surface area contributed by atoms with Crippen LogP contribution in [-0.4, -0.2) is 124 Å². The average molecular weight is 1050 g/mol. The van der Waals surface area contributed by atoms with E-state index in [1.807, 2.05) is 38.1 Å². The van der Waals surface area contributed by atoms with E-state index in [1.165, 1.54) is 19.4 Å². The zero-order valence-electron chi connectivity index (χ0n) is 43.3. The Kier molecular flexibility index (Phi) is 25.3. The Labute approximate surface area is 440 Å². The van der Waals surface area contributed by atoms with Crippen LogP contribution in [-0.2, 0) is 57.6 Å². The summed E-state index contributed by atoms with van der Waals surface area (Å²) >= 11 is 0. The smallest absolute Gasteiger partial charge is 0.243 e. The summed E-state index contributed by atoms with van der Waals surface area (Å²) in [4.78, 5) is 127. The van der Waals surface area contributed by atoms with Crippen molar-refractivity contribution in [2.45, 2.75) is 147 Å². The fourth-order valence-corrected chi connectivity index (χ4v) is 8.32. The fraction of sp³-hybridized carbons (Fsp3) is 0.490. The highest BCUT2D eigenvalue weighted by molar-refractivity contribution is 5.98. The Morgan fingerprint density at radius 1 is 0.605 bits per heavy atom. The summed E-state index contributed by atoms with van der Waals surface area (Å²) in [6.45, 7) is 4.69. The van der Waals surface area contributed by atoms with Gasteiger partial charge in [0.1, 0.15) is 42.3 Å². The number of carbonyl (C=O) groups is 8. The lowest BCUT2D eigenvalue weighted by atomic mass is 10.0. The van der Waals surface area contributed by atoms with Crippen LogP contribution in [0.2, 0.25) is 0 Å². The molecule has 0 aliphatic rings. The van der Waals surface area contributed by atoms with E-state index in [-0.39, 0.29) is 57.5 Å². The third-order valence-corrected chi connectivity index (χ3v) is 12.3. The summed E-state index contributed by atoms with van der Waals surface area (Å²) in [5, 5.41) is 23.1. The van der Waals surface area contributed by atoms with Gasteiger partial charge in [0.05, 0.1) is 12.9 Å². The van der Waals surface area contributed by atoms with Crippen molar-refractivity contribution < 1.29 is 38.4 Å². The molecule has 0 aliphatic heterocycles. The zero-order chi connectivity index (χ0) is 55.4. The molecule has 7 atom stereocenters. The number of carbonyl (C=O) groups excluding carboxylic acids is 8. The van der Waals surface area contributed by atoms with Crippen molar-refractivity contribution in [3.05, 3.63) is 101 Å². The van der Waals surface area contributed by atoms with Gasteiger partial charge in [0.25, 0.3) is 0 Å². The lowest BCUT2D eigenvalue weighted by Gasteiger charge is -2.28. The number of benzene rings is 2. The van der Waals surface area contributed by atoms with Crippen molar-refractivity contribution >= 4 is 64.1 Å². The lowest BCUT2D eigenvalue weighted by molar-refractivity contribution is -0.135. The summed E-state index contributed by atoms with van der Waals surface area (Å²) in [6, 6.07) is 7.02. The monoisotopic (exact) mass is 1050 g/mol. The molecule has 25 heteroatoms. The number of unbranched alkanes of at least 4 members (excludes halogenated alkanes) is 4. The second-order valence-electron chi connectivity index (χ2n) is 18.4. The number of primary amides is 1. The van der Waals surface area contributed by atoms with Gasteiger partial charge < -0.3 is 64.4 Å². The van der Waals surface area contributed by atoms with Crippen molar-refractivity contribution in [2.24, 2.45) is 27.3 Å². The van der Waals surface area contributed by atoms with E-state index in [4.69, 9.17) is 17.2 Å². The Hall–Kier alpha value is -8.47. The van der Waals surface area contributed by atoms with Crippen LogP contribution >= 0.6 is 0 Å². The van der Waals surface area contributed by atoms with Crippen molar-refractivity contribution in [1.82, 2.24) is 52.2 Å². The molecule has 0 aliphatic carbocycles. The van der Waals surface area contributed by atoms with Gasteiger partial charge in [0.15, 0.2) is 5.96 Å². The predicted molar refractivity (Wildman–Crippen MR) is 285 cm³/mol. The van der Waals surface area contributed by atoms with Crippen LogP contribution in [0, 0.1) is 0 Å². The number of imidazole rings is 1. The van der Waals surface area contributed by atoms with E-state index in [2.05, 4.69) is 67.2 Å². The minimum absolute atomic E-state index is 0.0319. The van der Waals surface area contributed by atoms with Crippen LogP contribution in [0.3, 0.4) is 0 Å². The Morgan fingerprint density at radius 3 is 1.75 bits per heavy atom. The SMILES string of the molecule is CCCCCC[C@H](NC(=O)[C@H](Cc1c[nH]c2ccccc12)NC(=O)[C@H](CCCN=C(N)N)NC(=O)[C@@H](Cc1ccccc1)NC(=O)[C@H](Cc1cnc[nH]1)NC(=O)[C@H](CN=[N+]=[N-])NC(=O)[C@H](CCCC)NC(C)=O)C(N)=O. The van der Waals surface area contributed by atoms with Crippen molar-refractivity contribution in [2.75, 3.05) is 13.1 Å². The molecule has 0 saturated heterocycles. The number of aromatic amines is 2. The number of azide groups is 1. The van der Waals surface area contributed by atoms with Crippen LogP contribution < -0.4 is 54.4 Å². The number of aromatic nitrogens is 3. The number of aliphatic imine (C=N–C) groups is 1. The Morgan fingerprint density at radius 2 is 1.14 bits per heavy atom. The summed E-state index contributed by atoms with van der Waals surface area (Å²) in [5.74, 6) is -6.23. The van der Waals surface area contributed by atoms with Crippen molar-refractivity contribution in [1.29, 1.82) is 0 Å². The first-order valence-electron chi connectivity index (χ1n) is 25.5. The van der Waals surface area contributed by atoms with Crippen LogP contribution in [0.15, 0.2) is 83.4 Å². The van der Waals surface area contributed by atoms with Gasteiger partial charge in [-0.05, 0) is 48.4 Å². The maximum atomic E-state index is 14.7. The summed E-state index contributed by atoms with van der Waals surface area (Å²) < 4.78 is 0. The molecule has 2 heterocycles. The summed E-state index contributed by atoms with van der Waals surface area (Å²) in [7, 11) is 0. The van der Waals surface area contributed by atoms with Gasteiger partial charge in [-0.1, -0.05) is 106 Å². The molecule has 15 N–H and O–H groups in total. The highest BCUT2D eigenvalue weighted by Crippen LogP contribution is 2.20. The third kappa shape index (κ3) is 20.4. The molecule has 8 amide bonds. The molecule has 2 aromatic carbocycles. The largest absolute Gasteiger partial charge is 0.370 e.